The van der Waals surface area contributed by atoms with Gasteiger partial charge in [-0.2, -0.15) is 0 Å². The number of aromatic nitrogens is 1. The predicted molar refractivity (Wildman–Crippen MR) is 75.7 cm³/mol. The van der Waals surface area contributed by atoms with Gasteiger partial charge < -0.3 is 5.32 Å². The topological polar surface area (TPSA) is 24.9 Å². The molecule has 0 bridgehead atoms. The number of pyridine rings is 1. The molecule has 1 N–H and O–H groups in total. The molecule has 0 unspecified atom stereocenters. The molecule has 0 radical (unpaired) electrons. The summed E-state index contributed by atoms with van der Waals surface area (Å²) in [5.41, 5.74) is 1.80. The van der Waals surface area contributed by atoms with Crippen molar-refractivity contribution >= 4 is 44.8 Å². The van der Waals surface area contributed by atoms with Crippen LogP contribution >= 0.6 is 39.1 Å². The van der Waals surface area contributed by atoms with Crippen LogP contribution in [0.25, 0.3) is 0 Å². The lowest BCUT2D eigenvalue weighted by molar-refractivity contribution is 1.13. The van der Waals surface area contributed by atoms with Crippen LogP contribution in [0.1, 0.15) is 5.56 Å². The van der Waals surface area contributed by atoms with Crippen LogP contribution in [0.2, 0.25) is 10.0 Å². The third kappa shape index (κ3) is 3.35. The highest BCUT2D eigenvalue weighted by atomic mass is 79.9. The number of nitrogens with one attached hydrogen (secondary N) is 1. The minimum atomic E-state index is 0.601. The summed E-state index contributed by atoms with van der Waals surface area (Å²) in [6.07, 6.45) is 3.34. The largest absolute Gasteiger partial charge is 0.378 e. The summed E-state index contributed by atoms with van der Waals surface area (Å²) < 4.78 is 0.996. The standard InChI is InChI=1S/C12H9BrCl2N2/c13-9-1-2-10(14)8(5-9)6-17-12-7-16-4-3-11(12)15/h1-5,7,17H,6H2. The highest BCUT2D eigenvalue weighted by Crippen LogP contribution is 2.24. The summed E-state index contributed by atoms with van der Waals surface area (Å²) in [5.74, 6) is 0. The van der Waals surface area contributed by atoms with E-state index in [-0.39, 0.29) is 0 Å². The zero-order valence-electron chi connectivity index (χ0n) is 8.75. The molecule has 0 saturated heterocycles. The number of halogens is 3. The van der Waals surface area contributed by atoms with Crippen LogP contribution in [0.4, 0.5) is 5.69 Å². The molecule has 1 aromatic carbocycles. The first kappa shape index (κ1) is 12.7. The lowest BCUT2D eigenvalue weighted by Crippen LogP contribution is -2.01. The fraction of sp³-hybridized carbons (Fsp3) is 0.0833. The molecule has 1 aromatic heterocycles. The molecule has 0 saturated carbocycles. The van der Waals surface area contributed by atoms with Crippen molar-refractivity contribution in [1.82, 2.24) is 4.98 Å². The monoisotopic (exact) mass is 330 g/mol. The molecule has 0 fully saturated rings. The number of rotatable bonds is 3. The lowest BCUT2D eigenvalue weighted by Gasteiger charge is -2.09. The Morgan fingerprint density at radius 2 is 2.00 bits per heavy atom. The molecule has 2 nitrogen and oxygen atoms in total. The Balaban J connectivity index is 2.12. The molecule has 0 aliphatic carbocycles. The Morgan fingerprint density at radius 1 is 1.18 bits per heavy atom. The third-order valence-electron chi connectivity index (χ3n) is 2.24. The number of hydrogen-bond donors (Lipinski definition) is 1. The zero-order valence-corrected chi connectivity index (χ0v) is 11.9. The van der Waals surface area contributed by atoms with E-state index in [9.17, 15) is 0 Å². The fourth-order valence-electron chi connectivity index (χ4n) is 1.38. The number of hydrogen-bond acceptors (Lipinski definition) is 2. The third-order valence-corrected chi connectivity index (χ3v) is 3.44. The van der Waals surface area contributed by atoms with E-state index >= 15 is 0 Å². The molecule has 5 heteroatoms. The summed E-state index contributed by atoms with van der Waals surface area (Å²) in [6.45, 7) is 0.601. The zero-order chi connectivity index (χ0) is 12.3. The van der Waals surface area contributed by atoms with E-state index in [0.29, 0.717) is 11.6 Å². The molecule has 17 heavy (non-hydrogen) atoms. The molecule has 2 rings (SSSR count). The molecule has 0 spiro atoms. The van der Waals surface area contributed by atoms with Crippen molar-refractivity contribution in [3.63, 3.8) is 0 Å². The molecule has 0 aliphatic rings. The summed E-state index contributed by atoms with van der Waals surface area (Å²) in [7, 11) is 0. The Morgan fingerprint density at radius 3 is 2.76 bits per heavy atom. The summed E-state index contributed by atoms with van der Waals surface area (Å²) in [4.78, 5) is 4.01. The van der Waals surface area contributed by atoms with E-state index in [1.807, 2.05) is 18.2 Å². The van der Waals surface area contributed by atoms with E-state index in [1.165, 1.54) is 0 Å². The van der Waals surface area contributed by atoms with Crippen molar-refractivity contribution in [3.05, 3.63) is 56.7 Å². The molecule has 2 aromatic rings. The number of benzene rings is 1. The first-order chi connectivity index (χ1) is 8.16. The average molecular weight is 332 g/mol. The smallest absolute Gasteiger partial charge is 0.0718 e. The van der Waals surface area contributed by atoms with Gasteiger partial charge in [0.05, 0.1) is 16.9 Å². The van der Waals surface area contributed by atoms with Gasteiger partial charge in [0, 0.05) is 22.2 Å². The van der Waals surface area contributed by atoms with Gasteiger partial charge in [0.2, 0.25) is 0 Å². The second-order valence-corrected chi connectivity index (χ2v) is 5.17. The second-order valence-electron chi connectivity index (χ2n) is 3.44. The van der Waals surface area contributed by atoms with Gasteiger partial charge in [0.25, 0.3) is 0 Å². The van der Waals surface area contributed by atoms with E-state index in [1.54, 1.807) is 18.5 Å². The molecular formula is C12H9BrCl2N2. The number of anilines is 1. The Hall–Kier alpha value is -0.770. The van der Waals surface area contributed by atoms with Crippen molar-refractivity contribution in [2.24, 2.45) is 0 Å². The maximum Gasteiger partial charge on any atom is 0.0718 e. The molecule has 1 heterocycles. The molecule has 0 atom stereocenters. The van der Waals surface area contributed by atoms with E-state index in [2.05, 4.69) is 26.2 Å². The predicted octanol–water partition coefficient (Wildman–Crippen LogP) is 4.76. The van der Waals surface area contributed by atoms with Gasteiger partial charge in [0.15, 0.2) is 0 Å². The van der Waals surface area contributed by atoms with Gasteiger partial charge in [-0.3, -0.25) is 4.98 Å². The highest BCUT2D eigenvalue weighted by molar-refractivity contribution is 9.10. The molecular weight excluding hydrogens is 323 g/mol. The summed E-state index contributed by atoms with van der Waals surface area (Å²) in [5, 5.41) is 4.56. The normalized spacial score (nSPS) is 10.3. The van der Waals surface area contributed by atoms with E-state index in [4.69, 9.17) is 23.2 Å². The minimum absolute atomic E-state index is 0.601. The maximum absolute atomic E-state index is 6.09. The van der Waals surface area contributed by atoms with Gasteiger partial charge in [-0.05, 0) is 29.8 Å². The highest BCUT2D eigenvalue weighted by Gasteiger charge is 2.03. The van der Waals surface area contributed by atoms with Gasteiger partial charge in [-0.1, -0.05) is 39.1 Å². The molecule has 0 amide bonds. The Labute approximate surface area is 118 Å². The Bertz CT molecular complexity index is 532. The van der Waals surface area contributed by atoms with Gasteiger partial charge >= 0.3 is 0 Å². The first-order valence-corrected chi connectivity index (χ1v) is 6.49. The van der Waals surface area contributed by atoms with Crippen molar-refractivity contribution in [1.29, 1.82) is 0 Å². The SMILES string of the molecule is Clc1ccc(Br)cc1CNc1cnccc1Cl. The van der Waals surface area contributed by atoms with Gasteiger partial charge in [-0.15, -0.1) is 0 Å². The maximum atomic E-state index is 6.09. The second kappa shape index (κ2) is 5.71. The minimum Gasteiger partial charge on any atom is -0.378 e. The van der Waals surface area contributed by atoms with Crippen LogP contribution in [0.5, 0.6) is 0 Å². The lowest BCUT2D eigenvalue weighted by atomic mass is 10.2. The quantitative estimate of drug-likeness (QED) is 0.876. The molecule has 0 aliphatic heterocycles. The van der Waals surface area contributed by atoms with Crippen LogP contribution in [0, 0.1) is 0 Å². The van der Waals surface area contributed by atoms with Crippen LogP contribution in [0.3, 0.4) is 0 Å². The van der Waals surface area contributed by atoms with E-state index < -0.39 is 0 Å². The Kier molecular flexibility index (Phi) is 4.26. The van der Waals surface area contributed by atoms with Crippen LogP contribution in [-0.4, -0.2) is 4.98 Å². The van der Waals surface area contributed by atoms with Crippen LogP contribution in [-0.2, 0) is 6.54 Å². The number of nitrogens with zero attached hydrogens (tertiary/aromatic N) is 1. The average Bonchev–Trinajstić information content (AvgIpc) is 2.32. The van der Waals surface area contributed by atoms with Crippen molar-refractivity contribution in [2.45, 2.75) is 6.54 Å². The fourth-order valence-corrected chi connectivity index (χ4v) is 2.14. The van der Waals surface area contributed by atoms with Gasteiger partial charge in [-0.25, -0.2) is 0 Å². The summed E-state index contributed by atoms with van der Waals surface area (Å²) >= 11 is 15.5. The summed E-state index contributed by atoms with van der Waals surface area (Å²) in [6, 6.07) is 7.47. The first-order valence-electron chi connectivity index (χ1n) is 4.94. The van der Waals surface area contributed by atoms with Crippen molar-refractivity contribution in [3.8, 4) is 0 Å². The van der Waals surface area contributed by atoms with E-state index in [0.717, 1.165) is 20.7 Å². The van der Waals surface area contributed by atoms with Crippen molar-refractivity contribution < 1.29 is 0 Å². The van der Waals surface area contributed by atoms with Gasteiger partial charge in [0.1, 0.15) is 0 Å². The van der Waals surface area contributed by atoms with Crippen LogP contribution < -0.4 is 5.32 Å². The van der Waals surface area contributed by atoms with Crippen LogP contribution in [0.15, 0.2) is 41.1 Å². The molecule has 88 valence electrons. The van der Waals surface area contributed by atoms with Crippen molar-refractivity contribution in [2.75, 3.05) is 5.32 Å².